The van der Waals surface area contributed by atoms with Crippen LogP contribution in [-0.2, 0) is 5.54 Å². The fraction of sp³-hybridized carbons (Fsp3) is 0.261. The van der Waals surface area contributed by atoms with Crippen LogP contribution in [0.25, 0.3) is 5.65 Å². The van der Waals surface area contributed by atoms with Crippen LogP contribution in [0.5, 0.6) is 0 Å². The molecule has 166 valence electrons. The lowest BCUT2D eigenvalue weighted by atomic mass is 10.0. The van der Waals surface area contributed by atoms with Gasteiger partial charge in [0.15, 0.2) is 5.65 Å². The average Bonchev–Trinajstić information content (AvgIpc) is 3.21. The summed E-state index contributed by atoms with van der Waals surface area (Å²) in [5, 5.41) is 7.07. The predicted molar refractivity (Wildman–Crippen MR) is 116 cm³/mol. The number of fused-ring (bicyclic) bond motifs is 2. The normalized spacial score (nSPS) is 21.3. The highest BCUT2D eigenvalue weighted by atomic mass is 19.1. The Morgan fingerprint density at radius 3 is 2.88 bits per heavy atom. The SMILES string of the molecule is Cc1nccnc1C(=O)Nc1cnn2ccc(N3CC[C@H]4C[C@]43c3cc(F)ccc3F)nc12. The van der Waals surface area contributed by atoms with Crippen LogP contribution in [-0.4, -0.2) is 37.0 Å². The van der Waals surface area contributed by atoms with Gasteiger partial charge in [-0.25, -0.2) is 23.3 Å². The summed E-state index contributed by atoms with van der Waals surface area (Å²) in [5.74, 6) is -0.414. The summed E-state index contributed by atoms with van der Waals surface area (Å²) < 4.78 is 30.2. The third-order valence-corrected chi connectivity index (χ3v) is 6.63. The first-order valence-corrected chi connectivity index (χ1v) is 10.6. The molecule has 1 aliphatic heterocycles. The minimum absolute atomic E-state index is 0.217. The van der Waals surface area contributed by atoms with Crippen molar-refractivity contribution in [3.8, 4) is 0 Å². The Balaban J connectivity index is 1.37. The number of aryl methyl sites for hydroxylation is 1. The van der Waals surface area contributed by atoms with Gasteiger partial charge in [-0.05, 0) is 49.9 Å². The summed E-state index contributed by atoms with van der Waals surface area (Å²) in [6, 6.07) is 5.41. The van der Waals surface area contributed by atoms with Gasteiger partial charge in [0.25, 0.3) is 5.91 Å². The molecule has 0 spiro atoms. The zero-order valence-electron chi connectivity index (χ0n) is 17.7. The molecule has 1 saturated heterocycles. The topological polar surface area (TPSA) is 88.3 Å². The highest BCUT2D eigenvalue weighted by molar-refractivity contribution is 6.05. The number of piperidine rings is 1. The van der Waals surface area contributed by atoms with Crippen LogP contribution in [0.15, 0.2) is 49.1 Å². The molecule has 0 unspecified atom stereocenters. The first-order chi connectivity index (χ1) is 16.0. The summed E-state index contributed by atoms with van der Waals surface area (Å²) >= 11 is 0. The second-order valence-corrected chi connectivity index (χ2v) is 8.45. The van der Waals surface area contributed by atoms with E-state index in [9.17, 15) is 13.6 Å². The molecule has 0 bridgehead atoms. The fourth-order valence-electron chi connectivity index (χ4n) is 5.01. The van der Waals surface area contributed by atoms with E-state index in [0.717, 1.165) is 18.9 Å². The van der Waals surface area contributed by atoms with Crippen LogP contribution in [0.2, 0.25) is 0 Å². The van der Waals surface area contributed by atoms with Gasteiger partial charge in [-0.2, -0.15) is 5.10 Å². The number of aromatic nitrogens is 5. The average molecular weight is 447 g/mol. The molecule has 1 aromatic carbocycles. The lowest BCUT2D eigenvalue weighted by molar-refractivity contribution is 0.102. The molecule has 33 heavy (non-hydrogen) atoms. The largest absolute Gasteiger partial charge is 0.346 e. The van der Waals surface area contributed by atoms with E-state index in [0.29, 0.717) is 35.0 Å². The lowest BCUT2D eigenvalue weighted by Gasteiger charge is -2.30. The number of hydrogen-bond donors (Lipinski definition) is 1. The number of amides is 1. The second kappa shape index (κ2) is 7.03. The van der Waals surface area contributed by atoms with Gasteiger partial charge in [0.2, 0.25) is 0 Å². The van der Waals surface area contributed by atoms with Crippen LogP contribution < -0.4 is 10.2 Å². The first-order valence-electron chi connectivity index (χ1n) is 10.6. The molecule has 3 aromatic heterocycles. The summed E-state index contributed by atoms with van der Waals surface area (Å²) in [5.41, 5.74) is 1.36. The Morgan fingerprint density at radius 2 is 2.06 bits per heavy atom. The van der Waals surface area contributed by atoms with Crippen LogP contribution in [0.3, 0.4) is 0 Å². The van der Waals surface area contributed by atoms with Crippen molar-refractivity contribution in [1.29, 1.82) is 0 Å². The Hall–Kier alpha value is -3.95. The molecule has 1 N–H and O–H groups in total. The Morgan fingerprint density at radius 1 is 1.21 bits per heavy atom. The molecule has 1 amide bonds. The monoisotopic (exact) mass is 447 g/mol. The van der Waals surface area contributed by atoms with Crippen molar-refractivity contribution >= 4 is 23.1 Å². The van der Waals surface area contributed by atoms with E-state index < -0.39 is 23.1 Å². The van der Waals surface area contributed by atoms with E-state index in [4.69, 9.17) is 4.98 Å². The van der Waals surface area contributed by atoms with Crippen molar-refractivity contribution < 1.29 is 13.6 Å². The van der Waals surface area contributed by atoms with E-state index in [2.05, 4.69) is 20.4 Å². The van der Waals surface area contributed by atoms with Gasteiger partial charge in [-0.3, -0.25) is 9.78 Å². The van der Waals surface area contributed by atoms with Crippen LogP contribution in [0.4, 0.5) is 20.3 Å². The highest BCUT2D eigenvalue weighted by Gasteiger charge is 2.64. The number of hydrogen-bond acceptors (Lipinski definition) is 6. The molecule has 6 rings (SSSR count). The number of carbonyl (C=O) groups is 1. The van der Waals surface area contributed by atoms with Crippen molar-refractivity contribution in [3.63, 3.8) is 0 Å². The van der Waals surface area contributed by atoms with Crippen LogP contribution >= 0.6 is 0 Å². The minimum Gasteiger partial charge on any atom is -0.346 e. The zero-order valence-corrected chi connectivity index (χ0v) is 17.7. The molecule has 2 fully saturated rings. The maximum absolute atomic E-state index is 14.7. The highest BCUT2D eigenvalue weighted by Crippen LogP contribution is 2.63. The molecule has 4 heterocycles. The smallest absolute Gasteiger partial charge is 0.276 e. The minimum atomic E-state index is -0.600. The summed E-state index contributed by atoms with van der Waals surface area (Å²) in [6.07, 6.45) is 7.85. The van der Waals surface area contributed by atoms with E-state index in [1.807, 2.05) is 4.90 Å². The van der Waals surface area contributed by atoms with Crippen molar-refractivity contribution in [1.82, 2.24) is 24.6 Å². The third-order valence-electron chi connectivity index (χ3n) is 6.63. The maximum Gasteiger partial charge on any atom is 0.276 e. The van der Waals surface area contributed by atoms with Gasteiger partial charge in [-0.15, -0.1) is 0 Å². The lowest BCUT2D eigenvalue weighted by Crippen LogP contribution is -2.34. The van der Waals surface area contributed by atoms with E-state index in [1.165, 1.54) is 30.7 Å². The van der Waals surface area contributed by atoms with Gasteiger partial charge in [-0.1, -0.05) is 0 Å². The first kappa shape index (κ1) is 19.7. The fourth-order valence-corrected chi connectivity index (χ4v) is 5.01. The third kappa shape index (κ3) is 2.97. The number of carbonyl (C=O) groups excluding carboxylic acids is 1. The molecule has 2 atom stereocenters. The quantitative estimate of drug-likeness (QED) is 0.515. The Labute approximate surface area is 187 Å². The van der Waals surface area contributed by atoms with Crippen molar-refractivity contribution in [2.75, 3.05) is 16.8 Å². The van der Waals surface area contributed by atoms with E-state index in [-0.39, 0.29) is 11.6 Å². The molecule has 2 aliphatic rings. The van der Waals surface area contributed by atoms with Gasteiger partial charge >= 0.3 is 0 Å². The maximum atomic E-state index is 14.7. The molecule has 1 aliphatic carbocycles. The number of anilines is 2. The van der Waals surface area contributed by atoms with Gasteiger partial charge in [0.1, 0.15) is 28.8 Å². The van der Waals surface area contributed by atoms with E-state index in [1.54, 1.807) is 23.7 Å². The molecule has 0 radical (unpaired) electrons. The molecular weight excluding hydrogens is 428 g/mol. The van der Waals surface area contributed by atoms with Crippen LogP contribution in [0, 0.1) is 24.5 Å². The van der Waals surface area contributed by atoms with Crippen molar-refractivity contribution in [2.45, 2.75) is 25.3 Å². The number of benzene rings is 1. The number of nitrogens with zero attached hydrogens (tertiary/aromatic N) is 6. The van der Waals surface area contributed by atoms with Gasteiger partial charge in [0.05, 0.1) is 17.4 Å². The van der Waals surface area contributed by atoms with Crippen molar-refractivity contribution in [3.05, 3.63) is 77.6 Å². The Bertz CT molecular complexity index is 1420. The molecule has 4 aromatic rings. The van der Waals surface area contributed by atoms with Gasteiger partial charge < -0.3 is 10.2 Å². The number of halogens is 2. The standard InChI is InChI=1S/C23H19F2N7O/c1-13-20(27-7-6-26-13)22(33)29-18-12-28-32-9-5-19(30-21(18)32)31-8-4-14-11-23(14,31)16-10-15(24)2-3-17(16)25/h2-3,5-7,9-10,12,14H,4,8,11H2,1H3,(H,29,33)/t14-,23+/m0/s1. The van der Waals surface area contributed by atoms with E-state index >= 15 is 0 Å². The van der Waals surface area contributed by atoms with Crippen LogP contribution in [0.1, 0.15) is 34.6 Å². The molecule has 10 heteroatoms. The van der Waals surface area contributed by atoms with Gasteiger partial charge in [0, 0.05) is 30.7 Å². The summed E-state index contributed by atoms with van der Waals surface area (Å²) in [4.78, 5) is 27.7. The second-order valence-electron chi connectivity index (χ2n) is 8.45. The van der Waals surface area contributed by atoms with Crippen molar-refractivity contribution in [2.24, 2.45) is 5.92 Å². The number of rotatable bonds is 4. The molecular formula is C23H19F2N7O. The predicted octanol–water partition coefficient (Wildman–Crippen LogP) is 3.48. The zero-order chi connectivity index (χ0) is 22.7. The molecule has 1 saturated carbocycles. The summed E-state index contributed by atoms with van der Waals surface area (Å²) in [6.45, 7) is 2.39. The Kier molecular flexibility index (Phi) is 4.20. The molecule has 8 nitrogen and oxygen atoms in total. The summed E-state index contributed by atoms with van der Waals surface area (Å²) in [7, 11) is 0. The number of nitrogens with one attached hydrogen (secondary N) is 1.